The molecule has 0 bridgehead atoms. The van der Waals surface area contributed by atoms with Gasteiger partial charge in [-0.3, -0.25) is 9.78 Å². The van der Waals surface area contributed by atoms with Crippen LogP contribution >= 0.6 is 11.6 Å². The van der Waals surface area contributed by atoms with E-state index in [1.54, 1.807) is 6.07 Å². The number of aromatic nitrogens is 4. The highest BCUT2D eigenvalue weighted by Crippen LogP contribution is 2.41. The van der Waals surface area contributed by atoms with Crippen molar-refractivity contribution in [3.8, 4) is 17.2 Å². The standard InChI is InChI=1S/C24H25ClN6O4/c1-13-9-18(29-23(25)26-13)27-15-8-6-7-14(10-15)12-31(2)24-28-16-11-17(33-3)20(34-4)21(35-5)19(16)22(32)30-24/h6-11H,12H2,1-5H3,(H,26,27,29)(H,28,30,32). The first-order valence-electron chi connectivity index (χ1n) is 10.6. The number of rotatable bonds is 8. The number of nitrogens with one attached hydrogen (secondary N) is 2. The summed E-state index contributed by atoms with van der Waals surface area (Å²) in [6.07, 6.45) is 0. The van der Waals surface area contributed by atoms with Crippen LogP contribution in [0.2, 0.25) is 5.28 Å². The molecule has 10 nitrogen and oxygen atoms in total. The van der Waals surface area contributed by atoms with E-state index in [9.17, 15) is 4.79 Å². The number of anilines is 3. The SMILES string of the molecule is COc1cc2nc(N(C)Cc3cccc(Nc4cc(C)nc(Cl)n4)c3)[nH]c(=O)c2c(OC)c1OC. The molecular weight excluding hydrogens is 472 g/mol. The first kappa shape index (κ1) is 24.1. The quantitative estimate of drug-likeness (QED) is 0.348. The highest BCUT2D eigenvalue weighted by atomic mass is 35.5. The van der Waals surface area contributed by atoms with Crippen LogP contribution in [0.15, 0.2) is 41.2 Å². The number of aryl methyl sites for hydroxylation is 1. The first-order valence-corrected chi connectivity index (χ1v) is 11.0. The Bertz CT molecular complexity index is 1420. The summed E-state index contributed by atoms with van der Waals surface area (Å²) in [5.41, 5.74) is 2.67. The van der Waals surface area contributed by atoms with E-state index in [2.05, 4.69) is 25.3 Å². The number of benzene rings is 2. The highest BCUT2D eigenvalue weighted by molar-refractivity contribution is 6.28. The second kappa shape index (κ2) is 10.1. The fourth-order valence-corrected chi connectivity index (χ4v) is 4.00. The smallest absolute Gasteiger partial charge is 0.264 e. The van der Waals surface area contributed by atoms with Crippen LogP contribution < -0.4 is 30.0 Å². The number of nitrogens with zero attached hydrogens (tertiary/aromatic N) is 4. The van der Waals surface area contributed by atoms with Crippen molar-refractivity contribution in [2.24, 2.45) is 0 Å². The summed E-state index contributed by atoms with van der Waals surface area (Å²) in [4.78, 5) is 30.6. The fraction of sp³-hybridized carbons (Fsp3) is 0.250. The molecule has 2 aromatic carbocycles. The lowest BCUT2D eigenvalue weighted by Gasteiger charge is -2.20. The number of H-pyrrole nitrogens is 1. The van der Waals surface area contributed by atoms with Crippen molar-refractivity contribution in [3.63, 3.8) is 0 Å². The van der Waals surface area contributed by atoms with Gasteiger partial charge in [0.2, 0.25) is 17.0 Å². The Morgan fingerprint density at radius 2 is 1.80 bits per heavy atom. The largest absolute Gasteiger partial charge is 0.493 e. The second-order valence-corrected chi connectivity index (χ2v) is 8.11. The molecule has 35 heavy (non-hydrogen) atoms. The summed E-state index contributed by atoms with van der Waals surface area (Å²) in [5, 5.41) is 3.71. The van der Waals surface area contributed by atoms with Gasteiger partial charge < -0.3 is 24.4 Å². The van der Waals surface area contributed by atoms with Gasteiger partial charge in [-0.25, -0.2) is 15.0 Å². The van der Waals surface area contributed by atoms with E-state index in [0.29, 0.717) is 35.3 Å². The number of hydrogen-bond donors (Lipinski definition) is 2. The van der Waals surface area contributed by atoms with E-state index in [0.717, 1.165) is 16.9 Å². The number of aromatic amines is 1. The van der Waals surface area contributed by atoms with Gasteiger partial charge in [0.25, 0.3) is 5.56 Å². The van der Waals surface area contributed by atoms with Gasteiger partial charge >= 0.3 is 0 Å². The molecule has 4 aromatic rings. The lowest BCUT2D eigenvalue weighted by atomic mass is 10.2. The Kier molecular flexibility index (Phi) is 6.92. The molecular formula is C24H25ClN6O4. The van der Waals surface area contributed by atoms with Gasteiger partial charge in [-0.1, -0.05) is 12.1 Å². The molecule has 0 aliphatic rings. The Morgan fingerprint density at radius 1 is 1.03 bits per heavy atom. The third kappa shape index (κ3) is 5.07. The number of hydrogen-bond acceptors (Lipinski definition) is 9. The monoisotopic (exact) mass is 496 g/mol. The maximum Gasteiger partial charge on any atom is 0.264 e. The van der Waals surface area contributed by atoms with Gasteiger partial charge in [-0.2, -0.15) is 0 Å². The molecule has 0 atom stereocenters. The van der Waals surface area contributed by atoms with Gasteiger partial charge in [-0.15, -0.1) is 0 Å². The van der Waals surface area contributed by atoms with Crippen LogP contribution in [-0.2, 0) is 6.54 Å². The minimum atomic E-state index is -0.346. The fourth-order valence-electron chi connectivity index (χ4n) is 3.78. The van der Waals surface area contributed by atoms with E-state index in [1.807, 2.05) is 49.2 Å². The Labute approximate surface area is 206 Å². The van der Waals surface area contributed by atoms with Crippen molar-refractivity contribution >= 4 is 40.0 Å². The average molecular weight is 497 g/mol. The molecule has 0 saturated carbocycles. The summed E-state index contributed by atoms with van der Waals surface area (Å²) in [5.74, 6) is 2.02. The highest BCUT2D eigenvalue weighted by Gasteiger charge is 2.20. The van der Waals surface area contributed by atoms with Crippen LogP contribution in [0.4, 0.5) is 17.5 Å². The third-order valence-electron chi connectivity index (χ3n) is 5.30. The summed E-state index contributed by atoms with van der Waals surface area (Å²) in [6.45, 7) is 2.33. The molecule has 2 aromatic heterocycles. The molecule has 182 valence electrons. The molecule has 2 heterocycles. The topological polar surface area (TPSA) is 114 Å². The Morgan fingerprint density at radius 3 is 2.49 bits per heavy atom. The molecule has 0 spiro atoms. The van der Waals surface area contributed by atoms with Crippen molar-refractivity contribution < 1.29 is 14.2 Å². The zero-order chi connectivity index (χ0) is 25.1. The van der Waals surface area contributed by atoms with E-state index in [-0.39, 0.29) is 22.0 Å². The average Bonchev–Trinajstić information content (AvgIpc) is 2.82. The Hall–Kier alpha value is -4.05. The van der Waals surface area contributed by atoms with Crippen LogP contribution in [0.5, 0.6) is 17.2 Å². The van der Waals surface area contributed by atoms with E-state index < -0.39 is 0 Å². The molecule has 2 N–H and O–H groups in total. The normalized spacial score (nSPS) is 10.8. The van der Waals surface area contributed by atoms with Crippen LogP contribution in [0.3, 0.4) is 0 Å². The molecule has 4 rings (SSSR count). The van der Waals surface area contributed by atoms with Crippen LogP contribution in [0, 0.1) is 6.92 Å². The summed E-state index contributed by atoms with van der Waals surface area (Å²) in [7, 11) is 6.31. The molecule has 0 aliphatic carbocycles. The number of methoxy groups -OCH3 is 3. The molecule has 0 fully saturated rings. The van der Waals surface area contributed by atoms with Gasteiger partial charge in [0.15, 0.2) is 11.5 Å². The Balaban J connectivity index is 1.63. The van der Waals surface area contributed by atoms with Crippen LogP contribution in [0.1, 0.15) is 11.3 Å². The molecule has 0 saturated heterocycles. The van der Waals surface area contributed by atoms with E-state index in [4.69, 9.17) is 25.8 Å². The first-order chi connectivity index (χ1) is 16.8. The van der Waals surface area contributed by atoms with Crippen molar-refractivity contribution in [1.29, 1.82) is 0 Å². The molecule has 0 amide bonds. The summed E-state index contributed by atoms with van der Waals surface area (Å²) >= 11 is 5.97. The van der Waals surface area contributed by atoms with Gasteiger partial charge in [0.1, 0.15) is 11.2 Å². The van der Waals surface area contributed by atoms with E-state index >= 15 is 0 Å². The van der Waals surface area contributed by atoms with Gasteiger partial charge in [0, 0.05) is 37.1 Å². The molecule has 0 unspecified atom stereocenters. The van der Waals surface area contributed by atoms with Crippen molar-refractivity contribution in [2.45, 2.75) is 13.5 Å². The minimum Gasteiger partial charge on any atom is -0.493 e. The predicted octanol–water partition coefficient (Wildman–Crippen LogP) is 4.08. The zero-order valence-corrected chi connectivity index (χ0v) is 20.7. The maximum atomic E-state index is 13.0. The van der Waals surface area contributed by atoms with Crippen LogP contribution in [-0.4, -0.2) is 48.3 Å². The van der Waals surface area contributed by atoms with Crippen molar-refractivity contribution in [1.82, 2.24) is 19.9 Å². The minimum absolute atomic E-state index is 0.181. The van der Waals surface area contributed by atoms with Crippen molar-refractivity contribution in [3.05, 3.63) is 63.3 Å². The van der Waals surface area contributed by atoms with E-state index in [1.165, 1.54) is 21.3 Å². The number of halogens is 1. The molecule has 0 aliphatic heterocycles. The second-order valence-electron chi connectivity index (χ2n) is 7.77. The maximum absolute atomic E-state index is 13.0. The van der Waals surface area contributed by atoms with Gasteiger partial charge in [0.05, 0.1) is 26.8 Å². The lowest BCUT2D eigenvalue weighted by Crippen LogP contribution is -2.23. The molecule has 0 radical (unpaired) electrons. The lowest BCUT2D eigenvalue weighted by molar-refractivity contribution is 0.327. The summed E-state index contributed by atoms with van der Waals surface area (Å²) < 4.78 is 16.2. The zero-order valence-electron chi connectivity index (χ0n) is 20.0. The predicted molar refractivity (Wildman–Crippen MR) is 136 cm³/mol. The van der Waals surface area contributed by atoms with Crippen molar-refractivity contribution in [2.75, 3.05) is 38.6 Å². The van der Waals surface area contributed by atoms with Gasteiger partial charge in [-0.05, 0) is 36.2 Å². The molecule has 11 heteroatoms. The van der Waals surface area contributed by atoms with Crippen LogP contribution in [0.25, 0.3) is 10.9 Å². The third-order valence-corrected chi connectivity index (χ3v) is 5.46. The summed E-state index contributed by atoms with van der Waals surface area (Å²) in [6, 6.07) is 11.3. The number of fused-ring (bicyclic) bond motifs is 1. The number of ether oxygens (including phenoxy) is 3.